The number of nitrogen functional groups attached to an aromatic ring is 1. The summed E-state index contributed by atoms with van der Waals surface area (Å²) in [4.78, 5) is 0. The highest BCUT2D eigenvalue weighted by Gasteiger charge is 2.01. The van der Waals surface area contributed by atoms with Gasteiger partial charge in [0.25, 0.3) is 5.95 Å². The molecule has 0 unspecified atom stereocenters. The predicted octanol–water partition coefficient (Wildman–Crippen LogP) is 1.40. The molecule has 0 saturated carbocycles. The average Bonchev–Trinajstić information content (AvgIpc) is 2.69. The molecule has 17 heavy (non-hydrogen) atoms. The zero-order chi connectivity index (χ0) is 12.3. The van der Waals surface area contributed by atoms with Crippen molar-refractivity contribution in [2.75, 3.05) is 11.3 Å². The molecular weight excluding hydrogens is 240 g/mol. The van der Waals surface area contributed by atoms with Gasteiger partial charge in [0, 0.05) is 10.6 Å². The van der Waals surface area contributed by atoms with Crippen molar-refractivity contribution in [2.24, 2.45) is 5.10 Å². The van der Waals surface area contributed by atoms with Crippen LogP contribution in [-0.4, -0.2) is 21.1 Å². The fourth-order valence-corrected chi connectivity index (χ4v) is 1.56. The number of hydrogen-bond donors (Lipinski definition) is 2. The third-order valence-corrected chi connectivity index (χ3v) is 2.53. The normalized spacial score (nSPS) is 10.9. The lowest BCUT2D eigenvalue weighted by Gasteiger charge is -2.02. The Labute approximate surface area is 103 Å². The Morgan fingerprint density at radius 3 is 3.00 bits per heavy atom. The number of benzene rings is 1. The summed E-state index contributed by atoms with van der Waals surface area (Å²) in [5.41, 5.74) is 4.56. The van der Waals surface area contributed by atoms with Crippen molar-refractivity contribution in [3.63, 3.8) is 0 Å². The highest BCUT2D eigenvalue weighted by atomic mass is 35.5. The van der Waals surface area contributed by atoms with E-state index < -0.39 is 0 Å². The predicted molar refractivity (Wildman–Crippen MR) is 67.6 cm³/mol. The maximum Gasteiger partial charge on any atom is 0.263 e. The van der Waals surface area contributed by atoms with Crippen molar-refractivity contribution in [2.45, 2.75) is 6.92 Å². The number of hydrogen-bond acceptors (Lipinski definition) is 5. The van der Waals surface area contributed by atoms with E-state index in [1.54, 1.807) is 12.3 Å². The summed E-state index contributed by atoms with van der Waals surface area (Å²) in [6, 6.07) is 5.65. The van der Waals surface area contributed by atoms with Crippen molar-refractivity contribution < 1.29 is 0 Å². The molecule has 0 saturated heterocycles. The Kier molecular flexibility index (Phi) is 3.24. The number of nitrogens with one attached hydrogen (secondary N) is 1. The molecule has 6 nitrogen and oxygen atoms in total. The molecule has 0 atom stereocenters. The van der Waals surface area contributed by atoms with Crippen LogP contribution in [0.1, 0.15) is 11.1 Å². The number of aromatic nitrogens is 3. The quantitative estimate of drug-likeness (QED) is 0.490. The molecule has 0 amide bonds. The average molecular weight is 251 g/mol. The van der Waals surface area contributed by atoms with E-state index in [1.165, 1.54) is 11.0 Å². The van der Waals surface area contributed by atoms with E-state index in [1.807, 2.05) is 19.1 Å². The van der Waals surface area contributed by atoms with Gasteiger partial charge in [0.05, 0.1) is 6.21 Å². The summed E-state index contributed by atoms with van der Waals surface area (Å²) in [6.45, 7) is 1.96. The second kappa shape index (κ2) is 4.84. The smallest absolute Gasteiger partial charge is 0.263 e. The van der Waals surface area contributed by atoms with Crippen LogP contribution in [0.2, 0.25) is 5.02 Å². The first-order valence-corrected chi connectivity index (χ1v) is 5.25. The number of halogens is 1. The second-order valence-corrected chi connectivity index (χ2v) is 3.81. The minimum Gasteiger partial charge on any atom is -0.335 e. The lowest BCUT2D eigenvalue weighted by molar-refractivity contribution is 0.988. The van der Waals surface area contributed by atoms with Gasteiger partial charge in [-0.1, -0.05) is 23.7 Å². The lowest BCUT2D eigenvalue weighted by Crippen LogP contribution is -2.10. The topological polar surface area (TPSA) is 81.1 Å². The van der Waals surface area contributed by atoms with Crippen LogP contribution in [0.4, 0.5) is 5.95 Å². The van der Waals surface area contributed by atoms with Crippen molar-refractivity contribution in [1.29, 1.82) is 0 Å². The molecule has 2 rings (SSSR count). The molecule has 3 N–H and O–H groups in total. The molecule has 1 heterocycles. The summed E-state index contributed by atoms with van der Waals surface area (Å²) in [5, 5.41) is 12.0. The summed E-state index contributed by atoms with van der Waals surface area (Å²) in [7, 11) is 0. The van der Waals surface area contributed by atoms with Crippen LogP contribution in [0.25, 0.3) is 0 Å². The molecule has 0 fully saturated rings. The first-order chi connectivity index (χ1) is 8.18. The van der Waals surface area contributed by atoms with Gasteiger partial charge >= 0.3 is 0 Å². The molecule has 0 bridgehead atoms. The van der Waals surface area contributed by atoms with Gasteiger partial charge in [0.2, 0.25) is 0 Å². The van der Waals surface area contributed by atoms with Gasteiger partial charge in [-0.25, -0.2) is 10.1 Å². The van der Waals surface area contributed by atoms with E-state index in [0.29, 0.717) is 11.0 Å². The summed E-state index contributed by atoms with van der Waals surface area (Å²) in [5.74, 6) is 5.86. The highest BCUT2D eigenvalue weighted by Crippen LogP contribution is 2.17. The lowest BCUT2D eigenvalue weighted by atomic mass is 10.1. The molecular formula is C10H11ClN6. The van der Waals surface area contributed by atoms with Crippen molar-refractivity contribution >= 4 is 23.8 Å². The molecule has 7 heteroatoms. The third kappa shape index (κ3) is 2.54. The second-order valence-electron chi connectivity index (χ2n) is 3.40. The van der Waals surface area contributed by atoms with E-state index in [4.69, 9.17) is 17.4 Å². The van der Waals surface area contributed by atoms with Crippen LogP contribution in [0, 0.1) is 6.92 Å². The molecule has 0 aliphatic heterocycles. The maximum absolute atomic E-state index is 6.04. The standard InChI is InChI=1S/C10H11ClN6/c1-7-3-2-4-9(11)8(7)5-13-15-10-16-14-6-17(10)12/h2-6H,12H2,1H3,(H,15,16)/b13-5+. The van der Waals surface area contributed by atoms with Gasteiger partial charge in [-0.3, -0.25) is 0 Å². The number of hydrazone groups is 1. The highest BCUT2D eigenvalue weighted by molar-refractivity contribution is 6.33. The molecule has 0 aliphatic carbocycles. The van der Waals surface area contributed by atoms with E-state index in [0.717, 1.165) is 11.1 Å². The van der Waals surface area contributed by atoms with Crippen LogP contribution in [0.3, 0.4) is 0 Å². The van der Waals surface area contributed by atoms with Crippen LogP contribution < -0.4 is 11.3 Å². The Hall–Kier alpha value is -2.08. The first kappa shape index (κ1) is 11.4. The van der Waals surface area contributed by atoms with Crippen molar-refractivity contribution in [1.82, 2.24) is 14.9 Å². The fourth-order valence-electron chi connectivity index (χ4n) is 1.29. The van der Waals surface area contributed by atoms with E-state index in [-0.39, 0.29) is 0 Å². The molecule has 0 radical (unpaired) electrons. The number of nitrogens with zero attached hydrogens (tertiary/aromatic N) is 4. The molecule has 0 spiro atoms. The SMILES string of the molecule is Cc1cccc(Cl)c1/C=N/Nc1nncn1N. The van der Waals surface area contributed by atoms with E-state index in [2.05, 4.69) is 20.7 Å². The van der Waals surface area contributed by atoms with E-state index >= 15 is 0 Å². The monoisotopic (exact) mass is 250 g/mol. The minimum absolute atomic E-state index is 0.353. The maximum atomic E-state index is 6.04. The Morgan fingerprint density at radius 1 is 1.53 bits per heavy atom. The van der Waals surface area contributed by atoms with Crippen LogP contribution in [0.5, 0.6) is 0 Å². The summed E-state index contributed by atoms with van der Waals surface area (Å²) < 4.78 is 1.23. The van der Waals surface area contributed by atoms with Gasteiger partial charge < -0.3 is 5.84 Å². The summed E-state index contributed by atoms with van der Waals surface area (Å²) in [6.07, 6.45) is 2.99. The largest absolute Gasteiger partial charge is 0.335 e. The van der Waals surface area contributed by atoms with Crippen LogP contribution in [0.15, 0.2) is 29.6 Å². The van der Waals surface area contributed by atoms with Crippen LogP contribution in [-0.2, 0) is 0 Å². The van der Waals surface area contributed by atoms with E-state index in [9.17, 15) is 0 Å². The zero-order valence-corrected chi connectivity index (χ0v) is 9.89. The molecule has 0 aliphatic rings. The molecule has 88 valence electrons. The Bertz CT molecular complexity index is 527. The summed E-state index contributed by atoms with van der Waals surface area (Å²) >= 11 is 6.04. The Balaban J connectivity index is 2.14. The van der Waals surface area contributed by atoms with Gasteiger partial charge in [0.1, 0.15) is 6.33 Å². The first-order valence-electron chi connectivity index (χ1n) is 4.88. The fraction of sp³-hybridized carbons (Fsp3) is 0.100. The van der Waals surface area contributed by atoms with Crippen LogP contribution >= 0.6 is 11.6 Å². The minimum atomic E-state index is 0.353. The molecule has 1 aromatic heterocycles. The Morgan fingerprint density at radius 2 is 2.35 bits per heavy atom. The number of rotatable bonds is 3. The molecule has 1 aromatic carbocycles. The van der Waals surface area contributed by atoms with Crippen molar-refractivity contribution in [3.05, 3.63) is 40.7 Å². The third-order valence-electron chi connectivity index (χ3n) is 2.20. The number of aryl methyl sites for hydroxylation is 1. The van der Waals surface area contributed by atoms with Gasteiger partial charge in [-0.2, -0.15) is 5.10 Å². The number of nitrogens with two attached hydrogens (primary N) is 1. The van der Waals surface area contributed by atoms with Gasteiger partial charge in [0.15, 0.2) is 0 Å². The van der Waals surface area contributed by atoms with Gasteiger partial charge in [-0.05, 0) is 18.6 Å². The molecule has 2 aromatic rings. The number of anilines is 1. The van der Waals surface area contributed by atoms with Gasteiger partial charge in [-0.15, -0.1) is 10.2 Å². The zero-order valence-electron chi connectivity index (χ0n) is 9.13. The van der Waals surface area contributed by atoms with Crippen molar-refractivity contribution in [3.8, 4) is 0 Å².